The maximum absolute atomic E-state index is 5.44. The highest BCUT2D eigenvalue weighted by atomic mass is 16.5. The number of nitrogens with one attached hydrogen (secondary N) is 2. The van der Waals surface area contributed by atoms with Crippen LogP contribution in [-0.4, -0.2) is 60.3 Å². The fourth-order valence-electron chi connectivity index (χ4n) is 3.01. The molecule has 0 radical (unpaired) electrons. The molecule has 0 atom stereocenters. The highest BCUT2D eigenvalue weighted by Crippen LogP contribution is 2.12. The molecule has 0 saturated carbocycles. The highest BCUT2D eigenvalue weighted by Gasteiger charge is 2.12. The smallest absolute Gasteiger partial charge is 0.191 e. The Kier molecular flexibility index (Phi) is 7.04. The third-order valence-electron chi connectivity index (χ3n) is 4.51. The van der Waals surface area contributed by atoms with Crippen molar-refractivity contribution in [2.75, 3.05) is 39.9 Å². The Morgan fingerprint density at radius 3 is 2.73 bits per heavy atom. The molecule has 0 aliphatic carbocycles. The van der Waals surface area contributed by atoms with Crippen LogP contribution in [0.15, 0.2) is 48.0 Å². The summed E-state index contributed by atoms with van der Waals surface area (Å²) in [4.78, 5) is 10.8. The zero-order valence-corrected chi connectivity index (χ0v) is 15.4. The van der Waals surface area contributed by atoms with Gasteiger partial charge in [0, 0.05) is 58.7 Å². The van der Waals surface area contributed by atoms with Crippen LogP contribution < -0.4 is 10.6 Å². The first kappa shape index (κ1) is 18.4. The summed E-state index contributed by atoms with van der Waals surface area (Å²) < 4.78 is 7.48. The van der Waals surface area contributed by atoms with E-state index in [4.69, 9.17) is 4.74 Å². The molecule has 140 valence electrons. The Morgan fingerprint density at radius 2 is 2.00 bits per heavy atom. The van der Waals surface area contributed by atoms with Gasteiger partial charge in [-0.2, -0.15) is 0 Å². The van der Waals surface area contributed by atoms with Crippen LogP contribution in [0.25, 0.3) is 0 Å². The summed E-state index contributed by atoms with van der Waals surface area (Å²) in [6, 6.07) is 8.59. The first-order valence-electron chi connectivity index (χ1n) is 9.12. The number of benzene rings is 1. The van der Waals surface area contributed by atoms with Gasteiger partial charge in [-0.05, 0) is 11.1 Å². The van der Waals surface area contributed by atoms with E-state index < -0.39 is 0 Å². The van der Waals surface area contributed by atoms with Gasteiger partial charge in [0.25, 0.3) is 0 Å². The van der Waals surface area contributed by atoms with Crippen molar-refractivity contribution in [2.24, 2.45) is 4.99 Å². The van der Waals surface area contributed by atoms with Crippen LogP contribution in [0.4, 0.5) is 0 Å². The number of aliphatic imine (C=N–C) groups is 1. The average Bonchev–Trinajstić information content (AvgIpc) is 3.20. The van der Waals surface area contributed by atoms with E-state index in [0.717, 1.165) is 58.4 Å². The van der Waals surface area contributed by atoms with Crippen LogP contribution in [-0.2, 0) is 24.4 Å². The molecular weight excluding hydrogens is 328 g/mol. The zero-order valence-electron chi connectivity index (χ0n) is 15.4. The van der Waals surface area contributed by atoms with Crippen LogP contribution in [0.1, 0.15) is 11.1 Å². The van der Waals surface area contributed by atoms with Crippen molar-refractivity contribution in [1.82, 2.24) is 25.1 Å². The van der Waals surface area contributed by atoms with E-state index in [9.17, 15) is 0 Å². The molecule has 0 spiro atoms. The lowest BCUT2D eigenvalue weighted by Gasteiger charge is -2.27. The minimum absolute atomic E-state index is 0.755. The number of aromatic nitrogens is 2. The zero-order chi connectivity index (χ0) is 18.0. The molecule has 1 fully saturated rings. The van der Waals surface area contributed by atoms with Crippen molar-refractivity contribution in [3.05, 3.63) is 54.1 Å². The average molecular weight is 356 g/mol. The number of imidazole rings is 1. The molecule has 1 aliphatic rings. The third-order valence-corrected chi connectivity index (χ3v) is 4.51. The number of hydrogen-bond acceptors (Lipinski definition) is 4. The van der Waals surface area contributed by atoms with Crippen LogP contribution in [0.5, 0.6) is 0 Å². The van der Waals surface area contributed by atoms with Gasteiger partial charge in [-0.15, -0.1) is 0 Å². The molecule has 0 amide bonds. The number of morpholine rings is 1. The third kappa shape index (κ3) is 5.57. The number of guanidine groups is 1. The summed E-state index contributed by atoms with van der Waals surface area (Å²) in [6.45, 7) is 7.03. The number of hydrogen-bond donors (Lipinski definition) is 2. The van der Waals surface area contributed by atoms with Gasteiger partial charge in [0.15, 0.2) is 5.96 Å². The number of nitrogens with zero attached hydrogens (tertiary/aromatic N) is 4. The first-order chi connectivity index (χ1) is 12.8. The molecule has 1 aromatic heterocycles. The maximum Gasteiger partial charge on any atom is 0.191 e. The summed E-state index contributed by atoms with van der Waals surface area (Å²) in [7, 11) is 1.80. The van der Waals surface area contributed by atoms with Gasteiger partial charge in [0.2, 0.25) is 0 Å². The van der Waals surface area contributed by atoms with Crippen molar-refractivity contribution in [3.8, 4) is 0 Å². The van der Waals surface area contributed by atoms with Gasteiger partial charge in [0.1, 0.15) is 0 Å². The normalized spacial score (nSPS) is 15.8. The molecule has 7 heteroatoms. The Labute approximate surface area is 155 Å². The molecule has 1 aromatic carbocycles. The fraction of sp³-hybridized carbons (Fsp3) is 0.474. The van der Waals surface area contributed by atoms with Crippen molar-refractivity contribution in [2.45, 2.75) is 19.6 Å². The molecule has 26 heavy (non-hydrogen) atoms. The second kappa shape index (κ2) is 9.94. The predicted molar refractivity (Wildman–Crippen MR) is 103 cm³/mol. The molecule has 1 aliphatic heterocycles. The molecule has 0 bridgehead atoms. The largest absolute Gasteiger partial charge is 0.379 e. The van der Waals surface area contributed by atoms with Gasteiger partial charge in [-0.3, -0.25) is 9.89 Å². The topological polar surface area (TPSA) is 66.7 Å². The van der Waals surface area contributed by atoms with Crippen LogP contribution >= 0.6 is 0 Å². The Hall–Kier alpha value is -2.38. The van der Waals surface area contributed by atoms with Gasteiger partial charge in [-0.1, -0.05) is 24.3 Å². The molecule has 2 N–H and O–H groups in total. The SMILES string of the molecule is CN=C(NCCn1ccnc1)NCc1ccccc1CN1CCOCC1. The van der Waals surface area contributed by atoms with Crippen LogP contribution in [0, 0.1) is 0 Å². The van der Waals surface area contributed by atoms with E-state index in [2.05, 4.69) is 49.8 Å². The van der Waals surface area contributed by atoms with E-state index in [0.29, 0.717) is 0 Å². The lowest BCUT2D eigenvalue weighted by Crippen LogP contribution is -2.39. The van der Waals surface area contributed by atoms with Crippen molar-refractivity contribution < 1.29 is 4.74 Å². The van der Waals surface area contributed by atoms with E-state index in [1.165, 1.54) is 11.1 Å². The lowest BCUT2D eigenvalue weighted by molar-refractivity contribution is 0.0341. The van der Waals surface area contributed by atoms with Crippen molar-refractivity contribution in [3.63, 3.8) is 0 Å². The molecule has 0 unspecified atom stereocenters. The molecule has 1 saturated heterocycles. The minimum Gasteiger partial charge on any atom is -0.379 e. The molecule has 7 nitrogen and oxygen atoms in total. The second-order valence-corrected chi connectivity index (χ2v) is 6.31. The van der Waals surface area contributed by atoms with Crippen LogP contribution in [0.2, 0.25) is 0 Å². The number of ether oxygens (including phenoxy) is 1. The molecule has 2 heterocycles. The van der Waals surface area contributed by atoms with Crippen LogP contribution in [0.3, 0.4) is 0 Å². The summed E-state index contributed by atoms with van der Waals surface area (Å²) in [5, 5.41) is 6.76. The molecule has 2 aromatic rings. The van der Waals surface area contributed by atoms with Crippen molar-refractivity contribution >= 4 is 5.96 Å². The summed E-state index contributed by atoms with van der Waals surface area (Å²) in [5.74, 6) is 0.811. The van der Waals surface area contributed by atoms with Gasteiger partial charge >= 0.3 is 0 Å². The highest BCUT2D eigenvalue weighted by molar-refractivity contribution is 5.79. The van der Waals surface area contributed by atoms with Gasteiger partial charge in [0.05, 0.1) is 19.5 Å². The van der Waals surface area contributed by atoms with E-state index in [-0.39, 0.29) is 0 Å². The molecular formula is C19H28N6O. The predicted octanol–water partition coefficient (Wildman–Crippen LogP) is 1.08. The minimum atomic E-state index is 0.755. The second-order valence-electron chi connectivity index (χ2n) is 6.31. The van der Waals surface area contributed by atoms with Gasteiger partial charge in [-0.25, -0.2) is 4.98 Å². The Bertz CT molecular complexity index is 679. The standard InChI is InChI=1S/C19H28N6O/c1-20-19(22-7-9-25-8-6-21-16-25)23-14-17-4-2-3-5-18(17)15-24-10-12-26-13-11-24/h2-6,8,16H,7,9-15H2,1H3,(H2,20,22,23). The van der Waals surface area contributed by atoms with Gasteiger partial charge < -0.3 is 19.9 Å². The quantitative estimate of drug-likeness (QED) is 0.574. The monoisotopic (exact) mass is 356 g/mol. The van der Waals surface area contributed by atoms with Crippen molar-refractivity contribution in [1.29, 1.82) is 0 Å². The summed E-state index contributed by atoms with van der Waals surface area (Å²) >= 11 is 0. The molecule has 3 rings (SSSR count). The maximum atomic E-state index is 5.44. The summed E-state index contributed by atoms with van der Waals surface area (Å²) in [6.07, 6.45) is 5.57. The van der Waals surface area contributed by atoms with E-state index in [1.54, 1.807) is 13.2 Å². The summed E-state index contributed by atoms with van der Waals surface area (Å²) in [5.41, 5.74) is 2.66. The fourth-order valence-corrected chi connectivity index (χ4v) is 3.01. The van der Waals surface area contributed by atoms with E-state index >= 15 is 0 Å². The first-order valence-corrected chi connectivity index (χ1v) is 9.12. The number of rotatable bonds is 7. The van der Waals surface area contributed by atoms with E-state index in [1.807, 2.05) is 17.1 Å². The lowest BCUT2D eigenvalue weighted by atomic mass is 10.1. The Balaban J connectivity index is 1.49. The Morgan fingerprint density at radius 1 is 1.19 bits per heavy atom.